The summed E-state index contributed by atoms with van der Waals surface area (Å²) in [7, 11) is 0. The summed E-state index contributed by atoms with van der Waals surface area (Å²) in [6.45, 7) is 4.12. The lowest BCUT2D eigenvalue weighted by molar-refractivity contribution is 0.0724. The summed E-state index contributed by atoms with van der Waals surface area (Å²) in [5, 5.41) is 4.85. The molecule has 5 heteroatoms. The molecule has 0 radical (unpaired) electrons. The molecule has 2 aromatic rings. The highest BCUT2D eigenvalue weighted by Crippen LogP contribution is 2.16. The summed E-state index contributed by atoms with van der Waals surface area (Å²) in [5.41, 5.74) is 2.72. The zero-order valence-electron chi connectivity index (χ0n) is 13.9. The summed E-state index contributed by atoms with van der Waals surface area (Å²) < 4.78 is 0. The number of amides is 2. The van der Waals surface area contributed by atoms with Crippen LogP contribution in [0.25, 0.3) is 0 Å². The van der Waals surface area contributed by atoms with Gasteiger partial charge in [0.2, 0.25) is 0 Å². The Bertz CT molecular complexity index is 715. The fourth-order valence-corrected chi connectivity index (χ4v) is 3.75. The number of piperidine rings is 1. The van der Waals surface area contributed by atoms with E-state index >= 15 is 0 Å². The first kappa shape index (κ1) is 16.7. The van der Waals surface area contributed by atoms with E-state index in [1.165, 1.54) is 17.8 Å². The zero-order valence-corrected chi connectivity index (χ0v) is 14.7. The molecule has 0 bridgehead atoms. The van der Waals surface area contributed by atoms with Crippen LogP contribution in [0.4, 0.5) is 0 Å². The second-order valence-corrected chi connectivity index (χ2v) is 7.08. The molecular formula is C19H22N2O2S. The topological polar surface area (TPSA) is 49.4 Å². The quantitative estimate of drug-likeness (QED) is 0.923. The van der Waals surface area contributed by atoms with Crippen LogP contribution in [0, 0.1) is 6.92 Å². The van der Waals surface area contributed by atoms with Crippen molar-refractivity contribution < 1.29 is 9.59 Å². The number of hydrogen-bond donors (Lipinski definition) is 1. The number of aryl methyl sites for hydroxylation is 1. The van der Waals surface area contributed by atoms with Gasteiger partial charge < -0.3 is 10.2 Å². The van der Waals surface area contributed by atoms with Crippen molar-refractivity contribution in [2.75, 3.05) is 13.1 Å². The number of thiophene rings is 1. The molecule has 1 aliphatic rings. The average Bonchev–Trinajstić information content (AvgIpc) is 3.06. The highest BCUT2D eigenvalue weighted by Gasteiger charge is 2.18. The third-order valence-electron chi connectivity index (χ3n) is 4.37. The number of hydrogen-bond acceptors (Lipinski definition) is 3. The van der Waals surface area contributed by atoms with Gasteiger partial charge in [0.1, 0.15) is 0 Å². The molecule has 3 rings (SSSR count). The Kier molecular flexibility index (Phi) is 5.30. The van der Waals surface area contributed by atoms with E-state index < -0.39 is 0 Å². The number of nitrogens with zero attached hydrogens (tertiary/aromatic N) is 1. The summed E-state index contributed by atoms with van der Waals surface area (Å²) in [4.78, 5) is 27.2. The van der Waals surface area contributed by atoms with Crippen molar-refractivity contribution in [1.29, 1.82) is 0 Å². The molecule has 0 aliphatic carbocycles. The van der Waals surface area contributed by atoms with E-state index in [1.54, 1.807) is 0 Å². The molecule has 0 atom stereocenters. The molecular weight excluding hydrogens is 320 g/mol. The number of rotatable bonds is 4. The maximum Gasteiger partial charge on any atom is 0.261 e. The minimum atomic E-state index is -0.0454. The maximum atomic E-state index is 12.4. The summed E-state index contributed by atoms with van der Waals surface area (Å²) >= 11 is 1.45. The SMILES string of the molecule is Cc1ccsc1C(=O)NCc1ccc(C(=O)N2CCCCC2)cc1. The largest absolute Gasteiger partial charge is 0.347 e. The van der Waals surface area contributed by atoms with E-state index in [0.717, 1.165) is 47.5 Å². The van der Waals surface area contributed by atoms with E-state index in [2.05, 4.69) is 5.32 Å². The second kappa shape index (κ2) is 7.62. The molecule has 1 N–H and O–H groups in total. The van der Waals surface area contributed by atoms with Gasteiger partial charge in [-0.05, 0) is 60.9 Å². The van der Waals surface area contributed by atoms with Crippen LogP contribution >= 0.6 is 11.3 Å². The van der Waals surface area contributed by atoms with Crippen molar-refractivity contribution in [2.24, 2.45) is 0 Å². The second-order valence-electron chi connectivity index (χ2n) is 6.17. The lowest BCUT2D eigenvalue weighted by Crippen LogP contribution is -2.35. The fraction of sp³-hybridized carbons (Fsp3) is 0.368. The van der Waals surface area contributed by atoms with Crippen molar-refractivity contribution in [2.45, 2.75) is 32.7 Å². The average molecular weight is 342 g/mol. The van der Waals surface area contributed by atoms with Crippen LogP contribution in [0.3, 0.4) is 0 Å². The molecule has 2 heterocycles. The number of nitrogens with one attached hydrogen (secondary N) is 1. The van der Waals surface area contributed by atoms with E-state index in [0.29, 0.717) is 6.54 Å². The van der Waals surface area contributed by atoms with Crippen molar-refractivity contribution in [3.8, 4) is 0 Å². The van der Waals surface area contributed by atoms with Crippen molar-refractivity contribution >= 4 is 23.2 Å². The molecule has 0 unspecified atom stereocenters. The summed E-state index contributed by atoms with van der Waals surface area (Å²) in [6.07, 6.45) is 3.40. The molecule has 1 fully saturated rings. The van der Waals surface area contributed by atoms with Gasteiger partial charge >= 0.3 is 0 Å². The van der Waals surface area contributed by atoms with E-state index in [-0.39, 0.29) is 11.8 Å². The Morgan fingerprint density at radius 1 is 1.08 bits per heavy atom. The van der Waals surface area contributed by atoms with Crippen molar-refractivity contribution in [3.05, 3.63) is 57.3 Å². The smallest absolute Gasteiger partial charge is 0.261 e. The van der Waals surface area contributed by atoms with Gasteiger partial charge in [-0.15, -0.1) is 11.3 Å². The standard InChI is InChI=1S/C19H22N2O2S/c1-14-9-12-24-17(14)18(22)20-13-15-5-7-16(8-6-15)19(23)21-10-3-2-4-11-21/h5-9,12H,2-4,10-11,13H2,1H3,(H,20,22). The van der Waals surface area contributed by atoms with E-state index in [4.69, 9.17) is 0 Å². The Labute approximate surface area is 146 Å². The van der Waals surface area contributed by atoms with Gasteiger partial charge in [-0.1, -0.05) is 12.1 Å². The first-order chi connectivity index (χ1) is 11.6. The van der Waals surface area contributed by atoms with Crippen LogP contribution in [-0.2, 0) is 6.54 Å². The van der Waals surface area contributed by atoms with E-state index in [9.17, 15) is 9.59 Å². The molecule has 0 spiro atoms. The molecule has 24 heavy (non-hydrogen) atoms. The Balaban J connectivity index is 1.57. The number of carbonyl (C=O) groups excluding carboxylic acids is 2. The van der Waals surface area contributed by atoms with Crippen LogP contribution < -0.4 is 5.32 Å². The van der Waals surface area contributed by atoms with E-state index in [1.807, 2.05) is 47.5 Å². The first-order valence-electron chi connectivity index (χ1n) is 8.35. The predicted molar refractivity (Wildman–Crippen MR) is 96.4 cm³/mol. The van der Waals surface area contributed by atoms with Gasteiger partial charge in [-0.25, -0.2) is 0 Å². The molecule has 0 saturated carbocycles. The normalized spacial score (nSPS) is 14.5. The van der Waals surface area contributed by atoms with Crippen LogP contribution in [0.1, 0.15) is 50.4 Å². The van der Waals surface area contributed by atoms with Gasteiger partial charge in [0, 0.05) is 25.2 Å². The fourth-order valence-electron chi connectivity index (χ4n) is 2.91. The van der Waals surface area contributed by atoms with Crippen LogP contribution in [0.2, 0.25) is 0 Å². The summed E-state index contributed by atoms with van der Waals surface area (Å²) in [6, 6.07) is 9.49. The van der Waals surface area contributed by atoms with Gasteiger partial charge in [0.15, 0.2) is 0 Å². The highest BCUT2D eigenvalue weighted by molar-refractivity contribution is 7.12. The number of benzene rings is 1. The Hall–Kier alpha value is -2.14. The maximum absolute atomic E-state index is 12.4. The summed E-state index contributed by atoms with van der Waals surface area (Å²) in [5.74, 6) is 0.0652. The van der Waals surface area contributed by atoms with Crippen LogP contribution in [0.5, 0.6) is 0 Å². The minimum Gasteiger partial charge on any atom is -0.347 e. The molecule has 1 aromatic heterocycles. The van der Waals surface area contributed by atoms with Gasteiger partial charge in [-0.2, -0.15) is 0 Å². The van der Waals surface area contributed by atoms with Gasteiger partial charge in [0.25, 0.3) is 11.8 Å². The zero-order chi connectivity index (χ0) is 16.9. The predicted octanol–water partition coefficient (Wildman–Crippen LogP) is 3.61. The molecule has 126 valence electrons. The third-order valence-corrected chi connectivity index (χ3v) is 5.38. The third kappa shape index (κ3) is 3.85. The molecule has 1 aromatic carbocycles. The lowest BCUT2D eigenvalue weighted by Gasteiger charge is -2.26. The molecule has 1 aliphatic heterocycles. The number of carbonyl (C=O) groups is 2. The Morgan fingerprint density at radius 2 is 1.79 bits per heavy atom. The van der Waals surface area contributed by atoms with Gasteiger partial charge in [0.05, 0.1) is 4.88 Å². The van der Waals surface area contributed by atoms with Crippen molar-refractivity contribution in [3.63, 3.8) is 0 Å². The Morgan fingerprint density at radius 3 is 2.42 bits per heavy atom. The first-order valence-corrected chi connectivity index (χ1v) is 9.23. The van der Waals surface area contributed by atoms with Crippen LogP contribution in [0.15, 0.2) is 35.7 Å². The molecule has 2 amide bonds. The number of likely N-dealkylation sites (tertiary alicyclic amines) is 1. The monoisotopic (exact) mass is 342 g/mol. The molecule has 1 saturated heterocycles. The lowest BCUT2D eigenvalue weighted by atomic mass is 10.1. The van der Waals surface area contributed by atoms with Crippen molar-refractivity contribution in [1.82, 2.24) is 10.2 Å². The minimum absolute atomic E-state index is 0.0454. The van der Waals surface area contributed by atoms with Crippen LogP contribution in [-0.4, -0.2) is 29.8 Å². The van der Waals surface area contributed by atoms with Gasteiger partial charge in [-0.3, -0.25) is 9.59 Å². The molecule has 4 nitrogen and oxygen atoms in total. The highest BCUT2D eigenvalue weighted by atomic mass is 32.1.